The van der Waals surface area contributed by atoms with Crippen LogP contribution in [0.15, 0.2) is 70.4 Å². The Morgan fingerprint density at radius 2 is 1.96 bits per heavy atom. The lowest BCUT2D eigenvalue weighted by atomic mass is 10.2. The van der Waals surface area contributed by atoms with E-state index in [2.05, 4.69) is 31.2 Å². The number of nitrogens with zero attached hydrogens (tertiary/aromatic N) is 3. The van der Waals surface area contributed by atoms with E-state index in [-0.39, 0.29) is 11.7 Å². The lowest BCUT2D eigenvalue weighted by Gasteiger charge is -2.22. The highest BCUT2D eigenvalue weighted by atomic mass is 16.3. The highest BCUT2D eigenvalue weighted by molar-refractivity contribution is 6.02. The maximum absolute atomic E-state index is 12.0. The van der Waals surface area contributed by atoms with Gasteiger partial charge < -0.3 is 24.5 Å². The van der Waals surface area contributed by atoms with Crippen molar-refractivity contribution >= 4 is 17.6 Å². The predicted molar refractivity (Wildman–Crippen MR) is 110 cm³/mol. The van der Waals surface area contributed by atoms with Gasteiger partial charge in [-0.2, -0.15) is 0 Å². The Labute approximate surface area is 164 Å². The lowest BCUT2D eigenvalue weighted by Crippen LogP contribution is -2.38. The molecular formula is C21H25N5O2. The summed E-state index contributed by atoms with van der Waals surface area (Å²) in [7, 11) is 5.82. The summed E-state index contributed by atoms with van der Waals surface area (Å²) in [5.41, 5.74) is 3.02. The number of furan rings is 1. The van der Waals surface area contributed by atoms with Crippen LogP contribution in [0, 0.1) is 0 Å². The van der Waals surface area contributed by atoms with Gasteiger partial charge in [0.05, 0.1) is 12.8 Å². The molecule has 2 N–H and O–H groups in total. The van der Waals surface area contributed by atoms with Gasteiger partial charge in [0.15, 0.2) is 11.7 Å². The van der Waals surface area contributed by atoms with E-state index in [9.17, 15) is 4.79 Å². The van der Waals surface area contributed by atoms with Crippen LogP contribution >= 0.6 is 0 Å². The summed E-state index contributed by atoms with van der Waals surface area (Å²) in [6.45, 7) is 1.40. The van der Waals surface area contributed by atoms with Crippen LogP contribution in [0.3, 0.4) is 0 Å². The van der Waals surface area contributed by atoms with Crippen molar-refractivity contribution < 1.29 is 9.21 Å². The van der Waals surface area contributed by atoms with E-state index >= 15 is 0 Å². The zero-order valence-electron chi connectivity index (χ0n) is 16.3. The van der Waals surface area contributed by atoms with Crippen molar-refractivity contribution in [3.05, 3.63) is 78.0 Å². The molecular weight excluding hydrogens is 354 g/mol. The van der Waals surface area contributed by atoms with Crippen LogP contribution in [-0.4, -0.2) is 35.4 Å². The summed E-state index contributed by atoms with van der Waals surface area (Å²) in [6.07, 6.45) is 3.51. The number of aryl methyl sites for hydroxylation is 1. The number of hydrogen-bond acceptors (Lipinski definition) is 3. The Hall–Kier alpha value is -3.48. The molecule has 2 aromatic heterocycles. The summed E-state index contributed by atoms with van der Waals surface area (Å²) >= 11 is 0. The van der Waals surface area contributed by atoms with Crippen molar-refractivity contribution in [2.24, 2.45) is 12.0 Å². The minimum atomic E-state index is -0.265. The number of hydrogen-bond donors (Lipinski definition) is 2. The van der Waals surface area contributed by atoms with Gasteiger partial charge in [-0.15, -0.1) is 0 Å². The third-order valence-corrected chi connectivity index (χ3v) is 4.43. The average molecular weight is 379 g/mol. The molecule has 0 fully saturated rings. The molecule has 0 aliphatic carbocycles. The van der Waals surface area contributed by atoms with Gasteiger partial charge in [-0.25, -0.2) is 0 Å². The van der Waals surface area contributed by atoms with Gasteiger partial charge in [-0.05, 0) is 42.0 Å². The lowest BCUT2D eigenvalue weighted by molar-refractivity contribution is 0.0996. The molecule has 0 saturated heterocycles. The first-order valence-electron chi connectivity index (χ1n) is 9.02. The fourth-order valence-corrected chi connectivity index (χ4v) is 2.85. The van der Waals surface area contributed by atoms with Gasteiger partial charge in [-0.1, -0.05) is 12.1 Å². The summed E-state index contributed by atoms with van der Waals surface area (Å²) < 4.78 is 7.19. The van der Waals surface area contributed by atoms with E-state index in [0.29, 0.717) is 6.54 Å². The van der Waals surface area contributed by atoms with E-state index in [1.165, 1.54) is 12.0 Å². The van der Waals surface area contributed by atoms with E-state index in [1.54, 1.807) is 19.2 Å². The normalized spacial score (nSPS) is 11.3. The molecule has 28 heavy (non-hydrogen) atoms. The minimum Gasteiger partial charge on any atom is -0.459 e. The highest BCUT2D eigenvalue weighted by Gasteiger charge is 2.10. The van der Waals surface area contributed by atoms with E-state index in [1.807, 2.05) is 50.6 Å². The number of amides is 1. The number of carbonyl (C=O) groups is 1. The maximum Gasteiger partial charge on any atom is 0.291 e. The molecule has 0 saturated carbocycles. The smallest absolute Gasteiger partial charge is 0.291 e. The molecule has 0 radical (unpaired) electrons. The van der Waals surface area contributed by atoms with Crippen molar-refractivity contribution in [1.29, 1.82) is 0 Å². The summed E-state index contributed by atoms with van der Waals surface area (Å²) in [6, 6.07) is 15.1. The van der Waals surface area contributed by atoms with Gasteiger partial charge in [0.25, 0.3) is 5.91 Å². The van der Waals surface area contributed by atoms with Crippen LogP contribution in [-0.2, 0) is 20.1 Å². The van der Waals surface area contributed by atoms with Gasteiger partial charge in [0.1, 0.15) is 0 Å². The molecule has 1 aromatic carbocycles. The molecule has 0 bridgehead atoms. The topological polar surface area (TPSA) is 74.8 Å². The van der Waals surface area contributed by atoms with Gasteiger partial charge in [0, 0.05) is 45.3 Å². The zero-order chi connectivity index (χ0) is 19.9. The first kappa shape index (κ1) is 19.3. The third kappa shape index (κ3) is 4.82. The third-order valence-electron chi connectivity index (χ3n) is 4.43. The number of aromatic nitrogens is 1. The fraction of sp³-hybridized carbons (Fsp3) is 0.238. The molecule has 1 amide bonds. The van der Waals surface area contributed by atoms with Crippen LogP contribution in [0.5, 0.6) is 0 Å². The molecule has 146 valence electrons. The number of nitrogens with one attached hydrogen (secondary N) is 2. The zero-order valence-corrected chi connectivity index (χ0v) is 16.3. The quantitative estimate of drug-likeness (QED) is 0.510. The largest absolute Gasteiger partial charge is 0.459 e. The second-order valence-electron chi connectivity index (χ2n) is 6.50. The second-order valence-corrected chi connectivity index (χ2v) is 6.50. The standard InChI is InChI=1S/C21H25N5O2/c1-22-21(26(3)15-18-6-4-12-25(18)2)23-14-16-8-10-17(11-9-16)24-20(27)19-7-5-13-28-19/h4-13H,14-15H2,1-3H3,(H,22,23)(H,24,27). The molecule has 2 heterocycles. The average Bonchev–Trinajstić information content (AvgIpc) is 3.36. The van der Waals surface area contributed by atoms with E-state index < -0.39 is 0 Å². The maximum atomic E-state index is 12.0. The van der Waals surface area contributed by atoms with Crippen LogP contribution in [0.25, 0.3) is 0 Å². The van der Waals surface area contributed by atoms with Crippen LogP contribution in [0.2, 0.25) is 0 Å². The molecule has 0 atom stereocenters. The van der Waals surface area contributed by atoms with Gasteiger partial charge >= 0.3 is 0 Å². The molecule has 7 nitrogen and oxygen atoms in total. The number of guanidine groups is 1. The molecule has 0 aliphatic heterocycles. The summed E-state index contributed by atoms with van der Waals surface area (Å²) in [4.78, 5) is 18.4. The second kappa shape index (κ2) is 8.94. The first-order chi connectivity index (χ1) is 13.6. The predicted octanol–water partition coefficient (Wildman–Crippen LogP) is 3.08. The highest BCUT2D eigenvalue weighted by Crippen LogP contribution is 2.12. The molecule has 7 heteroatoms. The Balaban J connectivity index is 1.53. The van der Waals surface area contributed by atoms with Gasteiger partial charge in [-0.3, -0.25) is 9.79 Å². The molecule has 0 unspecified atom stereocenters. The summed E-state index contributed by atoms with van der Waals surface area (Å²) in [5.74, 6) is 0.839. The Kier molecular flexibility index (Phi) is 6.16. The van der Waals surface area contributed by atoms with Crippen molar-refractivity contribution in [3.63, 3.8) is 0 Å². The van der Waals surface area contributed by atoms with Crippen molar-refractivity contribution in [2.75, 3.05) is 19.4 Å². The van der Waals surface area contributed by atoms with Crippen LogP contribution < -0.4 is 10.6 Å². The van der Waals surface area contributed by atoms with E-state index in [4.69, 9.17) is 4.42 Å². The Bertz CT molecular complexity index is 926. The number of aliphatic imine (C=N–C) groups is 1. The Morgan fingerprint density at radius 1 is 1.18 bits per heavy atom. The van der Waals surface area contributed by atoms with Gasteiger partial charge in [0.2, 0.25) is 0 Å². The SMILES string of the molecule is CN=C(NCc1ccc(NC(=O)c2ccco2)cc1)N(C)Cc1cccn1C. The van der Waals surface area contributed by atoms with E-state index in [0.717, 1.165) is 23.8 Å². The van der Waals surface area contributed by atoms with Crippen molar-refractivity contribution in [1.82, 2.24) is 14.8 Å². The first-order valence-corrected chi connectivity index (χ1v) is 9.02. The number of carbonyl (C=O) groups excluding carboxylic acids is 1. The number of rotatable bonds is 6. The van der Waals surface area contributed by atoms with Crippen LogP contribution in [0.4, 0.5) is 5.69 Å². The molecule has 3 rings (SSSR count). The van der Waals surface area contributed by atoms with Crippen LogP contribution in [0.1, 0.15) is 21.8 Å². The number of benzene rings is 1. The molecule has 0 spiro atoms. The summed E-state index contributed by atoms with van der Waals surface area (Å²) in [5, 5.41) is 6.17. The Morgan fingerprint density at radius 3 is 2.57 bits per heavy atom. The minimum absolute atomic E-state index is 0.265. The van der Waals surface area contributed by atoms with Crippen molar-refractivity contribution in [3.8, 4) is 0 Å². The fourth-order valence-electron chi connectivity index (χ4n) is 2.85. The number of anilines is 1. The van der Waals surface area contributed by atoms with Crippen molar-refractivity contribution in [2.45, 2.75) is 13.1 Å². The monoisotopic (exact) mass is 379 g/mol. The molecule has 3 aromatic rings. The molecule has 0 aliphatic rings.